The zero-order valence-electron chi connectivity index (χ0n) is 13.2. The number of halogens is 1. The topological polar surface area (TPSA) is 72.2 Å². The minimum absolute atomic E-state index is 0.102. The van der Waals surface area contributed by atoms with E-state index in [-0.39, 0.29) is 18.5 Å². The molecule has 3 rings (SSSR count). The van der Waals surface area contributed by atoms with Gasteiger partial charge in [0, 0.05) is 22.0 Å². The van der Waals surface area contributed by atoms with Crippen molar-refractivity contribution in [1.82, 2.24) is 9.55 Å². The molecule has 0 saturated heterocycles. The number of aryl methyl sites for hydroxylation is 3. The molecule has 0 unspecified atom stereocenters. The maximum Gasteiger partial charge on any atom is 0.305 e. The van der Waals surface area contributed by atoms with Gasteiger partial charge in [0.15, 0.2) is 0 Å². The molecule has 24 heavy (non-hydrogen) atoms. The van der Waals surface area contributed by atoms with Gasteiger partial charge in [-0.3, -0.25) is 14.2 Å². The first-order valence-electron chi connectivity index (χ1n) is 7.35. The Balaban J connectivity index is 2.22. The van der Waals surface area contributed by atoms with Crippen LogP contribution in [0, 0.1) is 13.8 Å². The number of hydrogen-bond donors (Lipinski definition) is 1. The van der Waals surface area contributed by atoms with Crippen LogP contribution in [0.5, 0.6) is 0 Å². The first-order valence-corrected chi connectivity index (χ1v) is 8.54. The average Bonchev–Trinajstić information content (AvgIpc) is 2.86. The number of fused-ring (bicyclic) bond motifs is 1. The second kappa shape index (κ2) is 6.37. The van der Waals surface area contributed by atoms with Gasteiger partial charge in [-0.2, -0.15) is 0 Å². The minimum Gasteiger partial charge on any atom is -0.481 e. The molecule has 0 fully saturated rings. The maximum absolute atomic E-state index is 12.8. The molecule has 0 amide bonds. The van der Waals surface area contributed by atoms with E-state index in [9.17, 15) is 9.59 Å². The third-order valence-corrected chi connectivity index (χ3v) is 5.31. The fourth-order valence-electron chi connectivity index (χ4n) is 2.66. The normalized spacial score (nSPS) is 11.1. The molecule has 0 atom stereocenters. The van der Waals surface area contributed by atoms with Crippen LogP contribution in [0.3, 0.4) is 0 Å². The lowest BCUT2D eigenvalue weighted by atomic mass is 10.0. The van der Waals surface area contributed by atoms with Gasteiger partial charge in [-0.1, -0.05) is 17.7 Å². The molecule has 0 radical (unpaired) electrons. The van der Waals surface area contributed by atoms with Gasteiger partial charge in [0.25, 0.3) is 5.56 Å². The fraction of sp³-hybridized carbons (Fsp3) is 0.235. The second-order valence-electron chi connectivity index (χ2n) is 5.56. The number of carbonyl (C=O) groups is 1. The Morgan fingerprint density at radius 2 is 2.12 bits per heavy atom. The number of carboxylic acid groups (broad SMARTS) is 1. The molecule has 0 aliphatic heterocycles. The van der Waals surface area contributed by atoms with Gasteiger partial charge in [-0.15, -0.1) is 11.3 Å². The fourth-order valence-corrected chi connectivity index (χ4v) is 3.78. The number of aromatic nitrogens is 2. The number of nitrogens with zero attached hydrogens (tertiary/aromatic N) is 2. The van der Waals surface area contributed by atoms with Crippen molar-refractivity contribution in [3.05, 3.63) is 50.3 Å². The number of rotatable bonds is 4. The zero-order valence-corrected chi connectivity index (χ0v) is 14.7. The Bertz CT molecular complexity index is 1010. The van der Waals surface area contributed by atoms with Crippen molar-refractivity contribution in [1.29, 1.82) is 0 Å². The van der Waals surface area contributed by atoms with Crippen LogP contribution in [-0.2, 0) is 11.3 Å². The summed E-state index contributed by atoms with van der Waals surface area (Å²) in [6.45, 7) is 3.97. The summed E-state index contributed by atoms with van der Waals surface area (Å²) in [4.78, 5) is 29.6. The van der Waals surface area contributed by atoms with Gasteiger partial charge in [0.1, 0.15) is 4.83 Å². The van der Waals surface area contributed by atoms with Crippen LogP contribution in [0.4, 0.5) is 0 Å². The largest absolute Gasteiger partial charge is 0.481 e. The van der Waals surface area contributed by atoms with Gasteiger partial charge >= 0.3 is 5.97 Å². The van der Waals surface area contributed by atoms with E-state index in [0.29, 0.717) is 15.2 Å². The van der Waals surface area contributed by atoms with Crippen LogP contribution in [0.2, 0.25) is 5.02 Å². The zero-order chi connectivity index (χ0) is 17.4. The molecule has 0 spiro atoms. The molecule has 0 saturated carbocycles. The highest BCUT2D eigenvalue weighted by atomic mass is 35.5. The van der Waals surface area contributed by atoms with Crippen molar-refractivity contribution in [2.75, 3.05) is 0 Å². The first-order chi connectivity index (χ1) is 11.4. The average molecular weight is 363 g/mol. The molecule has 0 aliphatic rings. The first kappa shape index (κ1) is 16.7. The van der Waals surface area contributed by atoms with Crippen LogP contribution < -0.4 is 5.56 Å². The Labute approximate surface area is 147 Å². The Hall–Kier alpha value is -2.18. The monoisotopic (exact) mass is 362 g/mol. The van der Waals surface area contributed by atoms with E-state index >= 15 is 0 Å². The lowest BCUT2D eigenvalue weighted by molar-refractivity contribution is -0.137. The van der Waals surface area contributed by atoms with Gasteiger partial charge in [0.05, 0.1) is 18.1 Å². The number of thiophene rings is 1. The van der Waals surface area contributed by atoms with Crippen molar-refractivity contribution in [3.63, 3.8) is 0 Å². The number of aliphatic carboxylic acids is 1. The molecule has 3 aromatic rings. The van der Waals surface area contributed by atoms with E-state index in [1.54, 1.807) is 0 Å². The number of benzene rings is 1. The quantitative estimate of drug-likeness (QED) is 0.764. The van der Waals surface area contributed by atoms with Crippen molar-refractivity contribution in [3.8, 4) is 11.1 Å². The molecule has 5 nitrogen and oxygen atoms in total. The van der Waals surface area contributed by atoms with Crippen molar-refractivity contribution in [2.45, 2.75) is 26.8 Å². The van der Waals surface area contributed by atoms with E-state index in [2.05, 4.69) is 4.98 Å². The van der Waals surface area contributed by atoms with Crippen molar-refractivity contribution < 1.29 is 9.90 Å². The highest BCUT2D eigenvalue weighted by molar-refractivity contribution is 7.19. The van der Waals surface area contributed by atoms with Gasteiger partial charge in [-0.05, 0) is 37.1 Å². The summed E-state index contributed by atoms with van der Waals surface area (Å²) in [5, 5.41) is 10.0. The Morgan fingerprint density at radius 1 is 1.38 bits per heavy atom. The van der Waals surface area contributed by atoms with Crippen LogP contribution in [-0.4, -0.2) is 20.6 Å². The molecule has 1 aromatic carbocycles. The maximum atomic E-state index is 12.8. The minimum atomic E-state index is -0.947. The van der Waals surface area contributed by atoms with Gasteiger partial charge < -0.3 is 5.11 Å². The highest BCUT2D eigenvalue weighted by Gasteiger charge is 2.17. The standard InChI is InChI=1S/C17H15ClN2O3S/c1-9-7-11(3-4-12(9)18)14-10(2)24-16-15(14)17(23)20(8-19-16)6-5-13(21)22/h3-4,7-8H,5-6H2,1-2H3,(H,21,22). The summed E-state index contributed by atoms with van der Waals surface area (Å²) < 4.78 is 1.36. The predicted molar refractivity (Wildman–Crippen MR) is 96.1 cm³/mol. The lowest BCUT2D eigenvalue weighted by Crippen LogP contribution is -2.21. The Kier molecular flexibility index (Phi) is 4.43. The Morgan fingerprint density at radius 3 is 2.79 bits per heavy atom. The van der Waals surface area contributed by atoms with Crippen LogP contribution in [0.25, 0.3) is 21.3 Å². The second-order valence-corrected chi connectivity index (χ2v) is 7.17. The molecule has 1 N–H and O–H groups in total. The molecule has 2 aromatic heterocycles. The van der Waals surface area contributed by atoms with E-state index in [0.717, 1.165) is 21.6 Å². The summed E-state index contributed by atoms with van der Waals surface area (Å²) in [6, 6.07) is 5.65. The molecule has 7 heteroatoms. The highest BCUT2D eigenvalue weighted by Crippen LogP contribution is 2.36. The van der Waals surface area contributed by atoms with E-state index in [1.165, 1.54) is 22.2 Å². The summed E-state index contributed by atoms with van der Waals surface area (Å²) in [5.74, 6) is -0.947. The summed E-state index contributed by atoms with van der Waals surface area (Å²) in [5.41, 5.74) is 2.48. The SMILES string of the molecule is Cc1cc(-c2c(C)sc3ncn(CCC(=O)O)c(=O)c23)ccc1Cl. The molecule has 0 bridgehead atoms. The van der Waals surface area contributed by atoms with Gasteiger partial charge in [-0.25, -0.2) is 4.98 Å². The summed E-state index contributed by atoms with van der Waals surface area (Å²) in [7, 11) is 0. The third kappa shape index (κ3) is 2.95. The van der Waals surface area contributed by atoms with Crippen molar-refractivity contribution in [2.24, 2.45) is 0 Å². The molecular formula is C17H15ClN2O3S. The van der Waals surface area contributed by atoms with Crippen LogP contribution in [0.1, 0.15) is 16.9 Å². The molecule has 2 heterocycles. The molecule has 124 valence electrons. The van der Waals surface area contributed by atoms with Crippen LogP contribution >= 0.6 is 22.9 Å². The van der Waals surface area contributed by atoms with E-state index < -0.39 is 5.97 Å². The predicted octanol–water partition coefficient (Wildman–Crippen LogP) is 3.87. The van der Waals surface area contributed by atoms with E-state index in [4.69, 9.17) is 16.7 Å². The number of carboxylic acids is 1. The van der Waals surface area contributed by atoms with Crippen LogP contribution in [0.15, 0.2) is 29.3 Å². The third-order valence-electron chi connectivity index (χ3n) is 3.87. The summed E-state index contributed by atoms with van der Waals surface area (Å²) >= 11 is 7.55. The van der Waals surface area contributed by atoms with E-state index in [1.807, 2.05) is 32.0 Å². The number of hydrogen-bond acceptors (Lipinski definition) is 4. The molecule has 0 aliphatic carbocycles. The molecular weight excluding hydrogens is 348 g/mol. The smallest absolute Gasteiger partial charge is 0.305 e. The van der Waals surface area contributed by atoms with Gasteiger partial charge in [0.2, 0.25) is 0 Å². The summed E-state index contributed by atoms with van der Waals surface area (Å²) in [6.07, 6.45) is 1.30. The lowest BCUT2D eigenvalue weighted by Gasteiger charge is -2.07. The van der Waals surface area contributed by atoms with Crippen molar-refractivity contribution >= 4 is 39.1 Å².